The van der Waals surface area contributed by atoms with Gasteiger partial charge in [0.05, 0.1) is 4.92 Å². The molecular weight excluding hydrogens is 320 g/mol. The summed E-state index contributed by atoms with van der Waals surface area (Å²) >= 11 is 0. The second-order valence-electron chi connectivity index (χ2n) is 6.01. The Hall–Kier alpha value is -2.84. The molecule has 24 heavy (non-hydrogen) atoms. The minimum atomic E-state index is -1.44. The zero-order valence-corrected chi connectivity index (χ0v) is 13.8. The second-order valence-corrected chi connectivity index (χ2v) is 6.01. The number of ether oxygens (including phenoxy) is 2. The molecule has 132 valence electrons. The first-order valence-corrected chi connectivity index (χ1v) is 7.13. The number of benzene rings is 1. The summed E-state index contributed by atoms with van der Waals surface area (Å²) in [5.74, 6) is -1.45. The van der Waals surface area contributed by atoms with E-state index in [1.165, 1.54) is 31.2 Å². The standard InChI is InChI=1S/C15H20N2O7/c1-9(23-11-8-6-5-7-10(11)17(21)22)12(13(18)19)16-14(20)24-15(2,3)4/h5-9,12H,1-4H3,(H,16,20)(H,18,19). The van der Waals surface area contributed by atoms with Crippen LogP contribution in [0.5, 0.6) is 5.75 Å². The van der Waals surface area contributed by atoms with Gasteiger partial charge in [-0.3, -0.25) is 10.1 Å². The van der Waals surface area contributed by atoms with Crippen LogP contribution in [-0.4, -0.2) is 39.8 Å². The van der Waals surface area contributed by atoms with Crippen molar-refractivity contribution in [3.8, 4) is 5.75 Å². The van der Waals surface area contributed by atoms with Gasteiger partial charge in [0, 0.05) is 6.07 Å². The van der Waals surface area contributed by atoms with Crippen LogP contribution in [0.2, 0.25) is 0 Å². The molecule has 1 aromatic carbocycles. The fourth-order valence-corrected chi connectivity index (χ4v) is 1.79. The van der Waals surface area contributed by atoms with Crippen molar-refractivity contribution in [2.24, 2.45) is 0 Å². The highest BCUT2D eigenvalue weighted by Gasteiger charge is 2.31. The van der Waals surface area contributed by atoms with Crippen LogP contribution < -0.4 is 10.1 Å². The maximum Gasteiger partial charge on any atom is 0.408 e. The molecule has 0 saturated carbocycles. The molecule has 0 spiro atoms. The summed E-state index contributed by atoms with van der Waals surface area (Å²) in [4.78, 5) is 33.4. The summed E-state index contributed by atoms with van der Waals surface area (Å²) in [5, 5.41) is 22.4. The molecule has 2 unspecified atom stereocenters. The van der Waals surface area contributed by atoms with Crippen molar-refractivity contribution < 1.29 is 29.1 Å². The van der Waals surface area contributed by atoms with Gasteiger partial charge in [-0.05, 0) is 33.8 Å². The topological polar surface area (TPSA) is 128 Å². The number of alkyl carbamates (subject to hydrolysis) is 1. The van der Waals surface area contributed by atoms with E-state index in [4.69, 9.17) is 9.47 Å². The Morgan fingerprint density at radius 1 is 1.29 bits per heavy atom. The Morgan fingerprint density at radius 3 is 2.38 bits per heavy atom. The summed E-state index contributed by atoms with van der Waals surface area (Å²) in [6.45, 7) is 6.29. The number of para-hydroxylation sites is 2. The highest BCUT2D eigenvalue weighted by molar-refractivity contribution is 5.80. The fraction of sp³-hybridized carbons (Fsp3) is 0.467. The first kappa shape index (κ1) is 19.2. The van der Waals surface area contributed by atoms with Crippen LogP contribution in [0.25, 0.3) is 0 Å². The van der Waals surface area contributed by atoms with Crippen LogP contribution in [0, 0.1) is 10.1 Å². The van der Waals surface area contributed by atoms with E-state index >= 15 is 0 Å². The van der Waals surface area contributed by atoms with E-state index in [1.807, 2.05) is 0 Å². The van der Waals surface area contributed by atoms with Crippen molar-refractivity contribution in [2.75, 3.05) is 0 Å². The maximum atomic E-state index is 11.7. The summed E-state index contributed by atoms with van der Waals surface area (Å²) in [5.41, 5.74) is -1.10. The SMILES string of the molecule is CC(Oc1ccccc1[N+](=O)[O-])C(NC(=O)OC(C)(C)C)C(=O)O. The van der Waals surface area contributed by atoms with E-state index < -0.39 is 34.7 Å². The van der Waals surface area contributed by atoms with Crippen molar-refractivity contribution in [1.82, 2.24) is 5.32 Å². The van der Waals surface area contributed by atoms with E-state index in [0.29, 0.717) is 0 Å². The summed E-state index contributed by atoms with van der Waals surface area (Å²) in [6, 6.07) is 4.12. The fourth-order valence-electron chi connectivity index (χ4n) is 1.79. The minimum absolute atomic E-state index is 0.0905. The average molecular weight is 340 g/mol. The number of carboxylic acid groups (broad SMARTS) is 1. The molecular formula is C15H20N2O7. The van der Waals surface area contributed by atoms with Crippen molar-refractivity contribution in [3.63, 3.8) is 0 Å². The molecule has 0 aliphatic rings. The van der Waals surface area contributed by atoms with Crippen molar-refractivity contribution in [2.45, 2.75) is 45.4 Å². The zero-order chi connectivity index (χ0) is 18.5. The molecule has 0 saturated heterocycles. The van der Waals surface area contributed by atoms with Crippen LogP contribution in [0.4, 0.5) is 10.5 Å². The molecule has 0 aliphatic heterocycles. The van der Waals surface area contributed by atoms with E-state index in [-0.39, 0.29) is 11.4 Å². The maximum absolute atomic E-state index is 11.7. The lowest BCUT2D eigenvalue weighted by atomic mass is 10.1. The van der Waals surface area contributed by atoms with Crippen molar-refractivity contribution in [3.05, 3.63) is 34.4 Å². The molecule has 1 rings (SSSR count). The lowest BCUT2D eigenvalue weighted by molar-refractivity contribution is -0.386. The van der Waals surface area contributed by atoms with Gasteiger partial charge in [0.25, 0.3) is 0 Å². The molecule has 0 radical (unpaired) electrons. The van der Waals surface area contributed by atoms with Gasteiger partial charge in [0.1, 0.15) is 11.7 Å². The quantitative estimate of drug-likeness (QED) is 0.600. The van der Waals surface area contributed by atoms with Crippen LogP contribution in [0.1, 0.15) is 27.7 Å². The zero-order valence-electron chi connectivity index (χ0n) is 13.8. The number of carboxylic acids is 1. The van der Waals surface area contributed by atoms with Gasteiger partial charge >= 0.3 is 17.7 Å². The third kappa shape index (κ3) is 5.75. The molecule has 2 N–H and O–H groups in total. The highest BCUT2D eigenvalue weighted by Crippen LogP contribution is 2.27. The first-order chi connectivity index (χ1) is 11.0. The van der Waals surface area contributed by atoms with E-state index in [9.17, 15) is 24.8 Å². The third-order valence-corrected chi connectivity index (χ3v) is 2.78. The Morgan fingerprint density at radius 2 is 1.88 bits per heavy atom. The number of hydrogen-bond acceptors (Lipinski definition) is 6. The number of nitrogens with one attached hydrogen (secondary N) is 1. The van der Waals surface area contributed by atoms with Gasteiger partial charge in [-0.25, -0.2) is 9.59 Å². The molecule has 9 nitrogen and oxygen atoms in total. The van der Waals surface area contributed by atoms with Crippen molar-refractivity contribution in [1.29, 1.82) is 0 Å². The number of nitro groups is 1. The van der Waals surface area contributed by atoms with Gasteiger partial charge < -0.3 is 19.9 Å². The summed E-state index contributed by atoms with van der Waals surface area (Å²) in [6.07, 6.45) is -2.00. The number of carbonyl (C=O) groups is 2. The molecule has 0 fully saturated rings. The van der Waals surface area contributed by atoms with E-state index in [1.54, 1.807) is 20.8 Å². The smallest absolute Gasteiger partial charge is 0.408 e. The lowest BCUT2D eigenvalue weighted by Crippen LogP contribution is -2.51. The molecule has 0 bridgehead atoms. The Bertz CT molecular complexity index is 624. The number of nitrogens with zero attached hydrogens (tertiary/aromatic N) is 1. The molecule has 1 aromatic rings. The van der Waals surface area contributed by atoms with Gasteiger partial charge in [-0.2, -0.15) is 0 Å². The highest BCUT2D eigenvalue weighted by atomic mass is 16.6. The lowest BCUT2D eigenvalue weighted by Gasteiger charge is -2.25. The molecule has 2 atom stereocenters. The monoisotopic (exact) mass is 340 g/mol. The number of hydrogen-bond donors (Lipinski definition) is 2. The Kier molecular flexibility index (Phi) is 6.10. The second kappa shape index (κ2) is 7.62. The molecule has 0 heterocycles. The number of rotatable bonds is 6. The summed E-state index contributed by atoms with van der Waals surface area (Å²) < 4.78 is 10.4. The van der Waals surface area contributed by atoms with Crippen LogP contribution >= 0.6 is 0 Å². The van der Waals surface area contributed by atoms with Crippen LogP contribution in [-0.2, 0) is 9.53 Å². The molecule has 0 aromatic heterocycles. The number of nitro benzene ring substituents is 1. The third-order valence-electron chi connectivity index (χ3n) is 2.78. The van der Waals surface area contributed by atoms with Crippen LogP contribution in [0.3, 0.4) is 0 Å². The van der Waals surface area contributed by atoms with Gasteiger partial charge in [0.2, 0.25) is 0 Å². The van der Waals surface area contributed by atoms with Gasteiger partial charge in [-0.1, -0.05) is 12.1 Å². The number of aliphatic carboxylic acids is 1. The predicted octanol–water partition coefficient (Wildman–Crippen LogP) is 2.34. The molecule has 9 heteroatoms. The summed E-state index contributed by atoms with van der Waals surface area (Å²) in [7, 11) is 0. The predicted molar refractivity (Wildman–Crippen MR) is 84.0 cm³/mol. The van der Waals surface area contributed by atoms with Gasteiger partial charge in [0.15, 0.2) is 11.8 Å². The van der Waals surface area contributed by atoms with Gasteiger partial charge in [-0.15, -0.1) is 0 Å². The van der Waals surface area contributed by atoms with Crippen molar-refractivity contribution >= 4 is 17.7 Å². The molecule has 0 aliphatic carbocycles. The average Bonchev–Trinajstić information content (AvgIpc) is 2.42. The van der Waals surface area contributed by atoms with E-state index in [2.05, 4.69) is 5.32 Å². The Labute approximate surface area is 138 Å². The normalized spacial score (nSPS) is 13.5. The Balaban J connectivity index is 2.88. The number of carbonyl (C=O) groups excluding carboxylic acids is 1. The van der Waals surface area contributed by atoms with E-state index in [0.717, 1.165) is 0 Å². The largest absolute Gasteiger partial charge is 0.481 e. The number of amides is 1. The van der Waals surface area contributed by atoms with Crippen LogP contribution in [0.15, 0.2) is 24.3 Å². The first-order valence-electron chi connectivity index (χ1n) is 7.13. The minimum Gasteiger partial charge on any atom is -0.481 e. The molecule has 1 amide bonds.